The quantitative estimate of drug-likeness (QED) is 0.593. The normalized spacial score (nSPS) is 17.5. The number of hydrogen-bond acceptors (Lipinski definition) is 6. The molecule has 0 bridgehead atoms. The van der Waals surface area contributed by atoms with Crippen molar-refractivity contribution in [2.24, 2.45) is 0 Å². The summed E-state index contributed by atoms with van der Waals surface area (Å²) in [6.07, 6.45) is 0.979. The lowest BCUT2D eigenvalue weighted by molar-refractivity contribution is 0.0984. The molecule has 2 aromatic heterocycles. The fraction of sp³-hybridized carbons (Fsp3) is 0.500. The van der Waals surface area contributed by atoms with Crippen LogP contribution in [0.15, 0.2) is 47.8 Å². The van der Waals surface area contributed by atoms with E-state index in [0.717, 1.165) is 45.0 Å². The average molecular weight is 411 g/mol. The maximum Gasteiger partial charge on any atom is 0.174 e. The van der Waals surface area contributed by atoms with E-state index in [9.17, 15) is 0 Å². The molecule has 0 aliphatic carbocycles. The molecule has 0 amide bonds. The number of rotatable bonds is 7. The molecule has 1 fully saturated rings. The summed E-state index contributed by atoms with van der Waals surface area (Å²) in [7, 11) is 0. The van der Waals surface area contributed by atoms with Crippen molar-refractivity contribution in [2.75, 3.05) is 26.2 Å². The third-order valence-corrected chi connectivity index (χ3v) is 6.94. The van der Waals surface area contributed by atoms with Gasteiger partial charge in [0.05, 0.1) is 5.54 Å². The van der Waals surface area contributed by atoms with Gasteiger partial charge in [0.2, 0.25) is 0 Å². The van der Waals surface area contributed by atoms with Crippen LogP contribution in [0.25, 0.3) is 0 Å². The molecule has 1 aliphatic rings. The summed E-state index contributed by atoms with van der Waals surface area (Å²) in [5.74, 6) is 0.954. The summed E-state index contributed by atoms with van der Waals surface area (Å²) in [6, 6.07) is 15.2. The fourth-order valence-corrected chi connectivity index (χ4v) is 4.74. The molecule has 0 N–H and O–H groups in total. The van der Waals surface area contributed by atoms with Crippen molar-refractivity contribution >= 4 is 11.3 Å². The predicted octanol–water partition coefficient (Wildman–Crippen LogP) is 3.79. The Kier molecular flexibility index (Phi) is 6.08. The van der Waals surface area contributed by atoms with E-state index in [1.165, 1.54) is 10.4 Å². The first-order valence-electron chi connectivity index (χ1n) is 10.4. The molecular formula is C22H30N6S. The van der Waals surface area contributed by atoms with Gasteiger partial charge in [0.1, 0.15) is 6.04 Å². The summed E-state index contributed by atoms with van der Waals surface area (Å²) in [6.45, 7) is 11.7. The molecule has 0 spiro atoms. The second-order valence-electron chi connectivity index (χ2n) is 8.33. The van der Waals surface area contributed by atoms with Crippen LogP contribution in [0.4, 0.5) is 0 Å². The van der Waals surface area contributed by atoms with Crippen LogP contribution in [0.1, 0.15) is 49.5 Å². The molecule has 3 heterocycles. The van der Waals surface area contributed by atoms with E-state index in [0.29, 0.717) is 0 Å². The van der Waals surface area contributed by atoms with Crippen molar-refractivity contribution in [3.05, 3.63) is 64.1 Å². The molecular weight excluding hydrogens is 380 g/mol. The Hall–Kier alpha value is -2.09. The SMILES string of the molecule is CCC(C)(C)n1nnnc1[C@H](c1cccs1)N1CCN(Cc2ccccc2)CC1. The molecule has 7 heteroatoms. The second-order valence-corrected chi connectivity index (χ2v) is 9.31. The number of piperazine rings is 1. The van der Waals surface area contributed by atoms with Gasteiger partial charge >= 0.3 is 0 Å². The minimum Gasteiger partial charge on any atom is -0.297 e. The number of thiophene rings is 1. The number of aromatic nitrogens is 4. The highest BCUT2D eigenvalue weighted by atomic mass is 32.1. The van der Waals surface area contributed by atoms with Gasteiger partial charge in [0.15, 0.2) is 5.82 Å². The second kappa shape index (κ2) is 8.73. The van der Waals surface area contributed by atoms with Crippen LogP contribution in [-0.2, 0) is 12.1 Å². The molecule has 1 saturated heterocycles. The summed E-state index contributed by atoms with van der Waals surface area (Å²) in [5, 5.41) is 15.1. The van der Waals surface area contributed by atoms with Crippen LogP contribution in [0, 0.1) is 0 Å². The lowest BCUT2D eigenvalue weighted by atomic mass is 10.0. The van der Waals surface area contributed by atoms with Gasteiger partial charge in [-0.3, -0.25) is 9.80 Å². The molecule has 1 atom stereocenters. The van der Waals surface area contributed by atoms with Crippen LogP contribution in [0.5, 0.6) is 0 Å². The van der Waals surface area contributed by atoms with E-state index in [2.05, 4.69) is 93.9 Å². The van der Waals surface area contributed by atoms with Crippen molar-refractivity contribution in [2.45, 2.75) is 45.3 Å². The van der Waals surface area contributed by atoms with Gasteiger partial charge in [-0.15, -0.1) is 16.4 Å². The van der Waals surface area contributed by atoms with Gasteiger partial charge in [-0.2, -0.15) is 0 Å². The van der Waals surface area contributed by atoms with Gasteiger partial charge in [0.25, 0.3) is 0 Å². The Balaban J connectivity index is 1.54. The zero-order valence-corrected chi connectivity index (χ0v) is 18.3. The van der Waals surface area contributed by atoms with E-state index in [4.69, 9.17) is 0 Å². The fourth-order valence-electron chi connectivity index (χ4n) is 3.88. The van der Waals surface area contributed by atoms with Gasteiger partial charge in [-0.1, -0.05) is 43.3 Å². The first-order chi connectivity index (χ1) is 14.1. The lowest BCUT2D eigenvalue weighted by Crippen LogP contribution is -2.48. The van der Waals surface area contributed by atoms with Crippen LogP contribution < -0.4 is 0 Å². The third-order valence-electron chi connectivity index (χ3n) is 6.01. The minimum atomic E-state index is -0.108. The molecule has 4 rings (SSSR count). The van der Waals surface area contributed by atoms with Crippen LogP contribution in [0.2, 0.25) is 0 Å². The highest BCUT2D eigenvalue weighted by molar-refractivity contribution is 7.10. The van der Waals surface area contributed by atoms with Gasteiger partial charge in [-0.05, 0) is 47.7 Å². The molecule has 154 valence electrons. The Morgan fingerprint density at radius 1 is 1.03 bits per heavy atom. The van der Waals surface area contributed by atoms with Gasteiger partial charge in [0, 0.05) is 37.6 Å². The number of benzene rings is 1. The van der Waals surface area contributed by atoms with E-state index in [1.807, 2.05) is 4.68 Å². The van der Waals surface area contributed by atoms with Crippen molar-refractivity contribution in [3.8, 4) is 0 Å². The maximum absolute atomic E-state index is 4.50. The van der Waals surface area contributed by atoms with E-state index >= 15 is 0 Å². The molecule has 6 nitrogen and oxygen atoms in total. The monoisotopic (exact) mass is 410 g/mol. The van der Waals surface area contributed by atoms with E-state index in [-0.39, 0.29) is 11.6 Å². The zero-order chi connectivity index (χ0) is 20.3. The van der Waals surface area contributed by atoms with Crippen molar-refractivity contribution in [1.82, 2.24) is 30.0 Å². The van der Waals surface area contributed by atoms with Crippen molar-refractivity contribution in [1.29, 1.82) is 0 Å². The largest absolute Gasteiger partial charge is 0.297 e. The van der Waals surface area contributed by atoms with Crippen LogP contribution >= 0.6 is 11.3 Å². The average Bonchev–Trinajstić information content (AvgIpc) is 3.43. The van der Waals surface area contributed by atoms with E-state index < -0.39 is 0 Å². The first-order valence-corrected chi connectivity index (χ1v) is 11.3. The molecule has 3 aromatic rings. The molecule has 0 radical (unpaired) electrons. The smallest absolute Gasteiger partial charge is 0.174 e. The Morgan fingerprint density at radius 2 is 1.79 bits per heavy atom. The number of nitrogens with zero attached hydrogens (tertiary/aromatic N) is 6. The Bertz CT molecular complexity index is 881. The summed E-state index contributed by atoms with van der Waals surface area (Å²) >= 11 is 1.79. The maximum atomic E-state index is 4.50. The zero-order valence-electron chi connectivity index (χ0n) is 17.5. The standard InChI is InChI=1S/C22H30N6S/c1-4-22(2,3)28-21(23-24-25-28)20(19-11-8-16-29-19)27-14-12-26(13-15-27)17-18-9-6-5-7-10-18/h5-11,16,20H,4,12-15,17H2,1-3H3/t20-/m0/s1. The summed E-state index contributed by atoms with van der Waals surface area (Å²) in [4.78, 5) is 6.39. The summed E-state index contributed by atoms with van der Waals surface area (Å²) < 4.78 is 2.04. The summed E-state index contributed by atoms with van der Waals surface area (Å²) in [5.41, 5.74) is 1.27. The third kappa shape index (κ3) is 4.42. The Morgan fingerprint density at radius 3 is 2.45 bits per heavy atom. The first kappa shape index (κ1) is 20.2. The Labute approximate surface area is 177 Å². The lowest BCUT2D eigenvalue weighted by Gasteiger charge is -2.39. The van der Waals surface area contributed by atoms with Crippen LogP contribution in [0.3, 0.4) is 0 Å². The highest BCUT2D eigenvalue weighted by Gasteiger charge is 2.34. The number of tetrazole rings is 1. The van der Waals surface area contributed by atoms with Crippen molar-refractivity contribution < 1.29 is 0 Å². The van der Waals surface area contributed by atoms with E-state index in [1.54, 1.807) is 11.3 Å². The van der Waals surface area contributed by atoms with Crippen molar-refractivity contribution in [3.63, 3.8) is 0 Å². The molecule has 29 heavy (non-hydrogen) atoms. The number of hydrogen-bond donors (Lipinski definition) is 0. The van der Waals surface area contributed by atoms with Gasteiger partial charge in [-0.25, -0.2) is 4.68 Å². The predicted molar refractivity (Wildman–Crippen MR) is 117 cm³/mol. The topological polar surface area (TPSA) is 50.1 Å². The molecule has 1 aliphatic heterocycles. The highest BCUT2D eigenvalue weighted by Crippen LogP contribution is 2.33. The van der Waals surface area contributed by atoms with Gasteiger partial charge < -0.3 is 0 Å². The molecule has 1 aromatic carbocycles. The minimum absolute atomic E-state index is 0.106. The molecule has 0 unspecified atom stereocenters. The molecule has 0 saturated carbocycles. The van der Waals surface area contributed by atoms with Crippen LogP contribution in [-0.4, -0.2) is 56.2 Å².